The Kier molecular flexibility index (Phi) is 3.34. The fraction of sp³-hybridized carbons (Fsp3) is 0.333. The van der Waals surface area contributed by atoms with E-state index in [1.807, 2.05) is 5.32 Å². The van der Waals surface area contributed by atoms with E-state index in [1.54, 1.807) is 13.8 Å². The lowest BCUT2D eigenvalue weighted by atomic mass is 10.6. The monoisotopic (exact) mass is 247 g/mol. The van der Waals surface area contributed by atoms with E-state index in [0.29, 0.717) is 11.6 Å². The third-order valence-electron chi connectivity index (χ3n) is 1.31. The van der Waals surface area contributed by atoms with Crippen LogP contribution in [0.1, 0.15) is 11.6 Å². The summed E-state index contributed by atoms with van der Waals surface area (Å²) in [5.74, 6) is 0.635. The zero-order chi connectivity index (χ0) is 12.3. The Labute approximate surface area is 91.2 Å². The van der Waals surface area contributed by atoms with E-state index in [0.717, 1.165) is 0 Å². The molecule has 0 atom stereocenters. The van der Waals surface area contributed by atoms with Gasteiger partial charge in [-0.1, -0.05) is 0 Å². The van der Waals surface area contributed by atoms with Crippen molar-refractivity contribution in [2.24, 2.45) is 0 Å². The zero-order valence-electron chi connectivity index (χ0n) is 8.42. The number of carbonyl (C=O) groups is 1. The number of carbonyl (C=O) groups excluding carboxylic acids is 1. The smallest absolute Gasteiger partial charge is 0.275 e. The van der Waals surface area contributed by atoms with Crippen LogP contribution >= 0.6 is 0 Å². The van der Waals surface area contributed by atoms with Gasteiger partial charge in [0.25, 0.3) is 0 Å². The number of aryl methyl sites for hydroxylation is 2. The summed E-state index contributed by atoms with van der Waals surface area (Å²) >= 11 is 0. The third-order valence-corrected chi connectivity index (χ3v) is 1.75. The first kappa shape index (κ1) is 12.3. The second-order valence-electron chi connectivity index (χ2n) is 2.78. The molecule has 1 aromatic heterocycles. The van der Waals surface area contributed by atoms with E-state index in [9.17, 15) is 13.2 Å². The molecule has 0 unspecified atom stereocenters. The number of hydrogen-bond acceptors (Lipinski definition) is 6. The molecular weight excluding hydrogens is 238 g/mol. The van der Waals surface area contributed by atoms with Crippen LogP contribution in [0.2, 0.25) is 0 Å². The van der Waals surface area contributed by atoms with Crippen molar-refractivity contribution in [2.45, 2.75) is 13.8 Å². The Bertz CT molecular complexity index is 493. The quantitative estimate of drug-likeness (QED) is 0.594. The highest BCUT2D eigenvalue weighted by Crippen LogP contribution is 1.99. The highest BCUT2D eigenvalue weighted by molar-refractivity contribution is 7.84. The van der Waals surface area contributed by atoms with Gasteiger partial charge in [-0.05, 0) is 13.8 Å². The van der Waals surface area contributed by atoms with Gasteiger partial charge in [-0.15, -0.1) is 0 Å². The number of urea groups is 1. The van der Waals surface area contributed by atoms with Crippen LogP contribution in [0.4, 0.5) is 10.7 Å². The molecule has 16 heavy (non-hydrogen) atoms. The molecule has 0 radical (unpaired) electrons. The fourth-order valence-corrected chi connectivity index (χ4v) is 1.20. The SMILES string of the molecule is Cc1nc(C)nc(NC(=O)NS(=O)(=O)O)n1. The molecule has 9 nitrogen and oxygen atoms in total. The van der Waals surface area contributed by atoms with Gasteiger partial charge in [0.2, 0.25) is 5.95 Å². The molecule has 0 fully saturated rings. The molecule has 0 aliphatic carbocycles. The molecule has 2 amide bonds. The lowest BCUT2D eigenvalue weighted by molar-refractivity contribution is 0.255. The van der Waals surface area contributed by atoms with Crippen molar-refractivity contribution < 1.29 is 17.8 Å². The van der Waals surface area contributed by atoms with Crippen LogP contribution in [0.25, 0.3) is 0 Å². The topological polar surface area (TPSA) is 134 Å². The maximum atomic E-state index is 11.0. The van der Waals surface area contributed by atoms with E-state index in [4.69, 9.17) is 4.55 Å². The number of nitrogens with one attached hydrogen (secondary N) is 2. The van der Waals surface area contributed by atoms with Crippen molar-refractivity contribution in [1.82, 2.24) is 19.7 Å². The average molecular weight is 247 g/mol. The van der Waals surface area contributed by atoms with E-state index in [-0.39, 0.29) is 5.95 Å². The standard InChI is InChI=1S/C6H9N5O4S/c1-3-7-4(2)9-5(8-3)10-6(12)11-16(13,14)15/h1-2H3,(H,13,14,15)(H2,7,8,9,10,11,12). The Hall–Kier alpha value is -1.81. The third kappa shape index (κ3) is 4.14. The summed E-state index contributed by atoms with van der Waals surface area (Å²) in [7, 11) is -4.60. The summed E-state index contributed by atoms with van der Waals surface area (Å²) in [5, 5.41) is 2.03. The van der Waals surface area contributed by atoms with Gasteiger partial charge in [-0.2, -0.15) is 18.4 Å². The number of aromatic nitrogens is 3. The molecule has 1 heterocycles. The molecule has 0 saturated heterocycles. The molecule has 0 spiro atoms. The highest BCUT2D eigenvalue weighted by Gasteiger charge is 2.11. The first-order valence-corrected chi connectivity index (χ1v) is 5.46. The van der Waals surface area contributed by atoms with Gasteiger partial charge in [0, 0.05) is 0 Å². The summed E-state index contributed by atoms with van der Waals surface area (Å²) in [6, 6.07) is -1.16. The molecule has 1 rings (SSSR count). The lowest BCUT2D eigenvalue weighted by Gasteiger charge is -2.04. The van der Waals surface area contributed by atoms with E-state index in [1.165, 1.54) is 4.72 Å². The van der Waals surface area contributed by atoms with Crippen LogP contribution < -0.4 is 10.0 Å². The number of hydrogen-bond donors (Lipinski definition) is 3. The molecule has 3 N–H and O–H groups in total. The van der Waals surface area contributed by atoms with Crippen LogP contribution in [0.15, 0.2) is 0 Å². The van der Waals surface area contributed by atoms with Gasteiger partial charge >= 0.3 is 16.3 Å². The van der Waals surface area contributed by atoms with E-state index < -0.39 is 16.3 Å². The van der Waals surface area contributed by atoms with Crippen LogP contribution in [-0.4, -0.2) is 34.0 Å². The Morgan fingerprint density at radius 1 is 1.19 bits per heavy atom. The largest absolute Gasteiger partial charge is 0.361 e. The zero-order valence-corrected chi connectivity index (χ0v) is 9.24. The minimum absolute atomic E-state index is 0.105. The lowest BCUT2D eigenvalue weighted by Crippen LogP contribution is -2.34. The predicted octanol–water partition coefficient (Wildman–Crippen LogP) is -0.587. The van der Waals surface area contributed by atoms with Gasteiger partial charge in [-0.25, -0.2) is 14.5 Å². The van der Waals surface area contributed by atoms with Crippen molar-refractivity contribution in [2.75, 3.05) is 5.32 Å². The predicted molar refractivity (Wildman–Crippen MR) is 53.0 cm³/mol. The van der Waals surface area contributed by atoms with Crippen molar-refractivity contribution >= 4 is 22.3 Å². The van der Waals surface area contributed by atoms with E-state index >= 15 is 0 Å². The minimum atomic E-state index is -4.60. The van der Waals surface area contributed by atoms with Gasteiger partial charge < -0.3 is 0 Å². The maximum absolute atomic E-state index is 11.0. The summed E-state index contributed by atoms with van der Waals surface area (Å²) in [6.07, 6.45) is 0. The maximum Gasteiger partial charge on any atom is 0.361 e. The van der Waals surface area contributed by atoms with Gasteiger partial charge in [0.15, 0.2) is 0 Å². The van der Waals surface area contributed by atoms with Crippen LogP contribution in [0, 0.1) is 13.8 Å². The number of anilines is 1. The highest BCUT2D eigenvalue weighted by atomic mass is 32.2. The second kappa shape index (κ2) is 4.37. The van der Waals surface area contributed by atoms with Gasteiger partial charge in [0.05, 0.1) is 0 Å². The van der Waals surface area contributed by atoms with Crippen LogP contribution in [-0.2, 0) is 10.3 Å². The van der Waals surface area contributed by atoms with Crippen LogP contribution in [0.3, 0.4) is 0 Å². The fourth-order valence-electron chi connectivity index (χ4n) is 0.916. The van der Waals surface area contributed by atoms with E-state index in [2.05, 4.69) is 15.0 Å². The summed E-state index contributed by atoms with van der Waals surface area (Å²) in [6.45, 7) is 3.17. The molecule has 0 bridgehead atoms. The first-order valence-electron chi connectivity index (χ1n) is 4.02. The Balaban J connectivity index is 2.77. The number of rotatable bonds is 2. The first-order chi connectivity index (χ1) is 7.26. The molecule has 0 aliphatic rings. The number of amides is 2. The Morgan fingerprint density at radius 2 is 1.69 bits per heavy atom. The molecule has 1 aromatic rings. The molecule has 0 aromatic carbocycles. The molecule has 0 saturated carbocycles. The summed E-state index contributed by atoms with van der Waals surface area (Å²) in [5.41, 5.74) is 0. The molecule has 88 valence electrons. The number of nitrogens with zero attached hydrogens (tertiary/aromatic N) is 3. The Morgan fingerprint density at radius 3 is 2.12 bits per heavy atom. The van der Waals surface area contributed by atoms with Crippen molar-refractivity contribution in [3.63, 3.8) is 0 Å². The summed E-state index contributed by atoms with van der Waals surface area (Å²) in [4.78, 5) is 22.3. The average Bonchev–Trinajstić information content (AvgIpc) is 1.96. The van der Waals surface area contributed by atoms with Crippen molar-refractivity contribution in [3.8, 4) is 0 Å². The van der Waals surface area contributed by atoms with Crippen molar-refractivity contribution in [3.05, 3.63) is 11.6 Å². The molecule has 0 aliphatic heterocycles. The molecule has 10 heteroatoms. The minimum Gasteiger partial charge on any atom is -0.275 e. The second-order valence-corrected chi connectivity index (χ2v) is 3.94. The van der Waals surface area contributed by atoms with Gasteiger partial charge in [-0.3, -0.25) is 9.87 Å². The van der Waals surface area contributed by atoms with Crippen LogP contribution in [0.5, 0.6) is 0 Å². The summed E-state index contributed by atoms with van der Waals surface area (Å²) < 4.78 is 30.2. The normalized spacial score (nSPS) is 10.9. The molecular formula is C6H9N5O4S. The van der Waals surface area contributed by atoms with Crippen molar-refractivity contribution in [1.29, 1.82) is 0 Å². The van der Waals surface area contributed by atoms with Gasteiger partial charge in [0.1, 0.15) is 11.6 Å².